The molecule has 0 heterocycles. The van der Waals surface area contributed by atoms with Crippen molar-refractivity contribution >= 4 is 23.9 Å². The zero-order valence-corrected chi connectivity index (χ0v) is 25.6. The number of alkyl carbamates (subject to hydrolysis) is 2. The molecule has 228 valence electrons. The first-order valence-electron chi connectivity index (χ1n) is 14.1. The smallest absolute Gasteiger partial charge is 0.408 e. The van der Waals surface area contributed by atoms with E-state index < -0.39 is 23.4 Å². The lowest BCUT2D eigenvalue weighted by Crippen LogP contribution is -2.39. The van der Waals surface area contributed by atoms with Gasteiger partial charge in [0.15, 0.2) is 5.78 Å². The summed E-state index contributed by atoms with van der Waals surface area (Å²) in [5.74, 6) is -0.460. The van der Waals surface area contributed by atoms with Gasteiger partial charge < -0.3 is 30.6 Å². The van der Waals surface area contributed by atoms with Gasteiger partial charge in [-0.3, -0.25) is 4.79 Å². The average molecular weight is 582 g/mol. The number of nitrogens with two attached hydrogens (primary N) is 1. The van der Waals surface area contributed by atoms with Crippen LogP contribution in [0.5, 0.6) is 0 Å². The Labute approximate surface area is 247 Å². The lowest BCUT2D eigenvalue weighted by Gasteiger charge is -2.23. The minimum Gasteiger partial charge on any atom is -0.465 e. The molecule has 0 saturated heterocycles. The number of methoxy groups -OCH3 is 1. The highest BCUT2D eigenvalue weighted by Gasteiger charge is 2.47. The first-order chi connectivity index (χ1) is 19.5. The summed E-state index contributed by atoms with van der Waals surface area (Å²) >= 11 is 0. The van der Waals surface area contributed by atoms with Gasteiger partial charge in [0.1, 0.15) is 11.2 Å². The molecule has 42 heavy (non-hydrogen) atoms. The summed E-state index contributed by atoms with van der Waals surface area (Å²) in [6, 6.07) is 14.3. The SMILES string of the molecule is CC(C)(C)OC(=O)NC1(c2ccc(C(=O)CN)cc2)CC1.COC(=O)c1ccc(C2(NC(=O)OC(C)(C)C)CC2)cc1. The van der Waals surface area contributed by atoms with E-state index in [1.54, 1.807) is 24.3 Å². The quantitative estimate of drug-likeness (QED) is 0.226. The normalized spacial score (nSPS) is 16.1. The molecular formula is C32H43N3O7. The number of carbonyl (C=O) groups is 4. The number of ether oxygens (including phenoxy) is 3. The Balaban J connectivity index is 0.000000230. The van der Waals surface area contributed by atoms with E-state index in [2.05, 4.69) is 15.4 Å². The summed E-state index contributed by atoms with van der Waals surface area (Å²) in [7, 11) is 1.35. The van der Waals surface area contributed by atoms with Crippen LogP contribution in [0.15, 0.2) is 48.5 Å². The fourth-order valence-corrected chi connectivity index (χ4v) is 4.36. The van der Waals surface area contributed by atoms with Crippen LogP contribution < -0.4 is 16.4 Å². The summed E-state index contributed by atoms with van der Waals surface area (Å²) < 4.78 is 15.3. The molecule has 0 unspecified atom stereocenters. The molecule has 0 aliphatic heterocycles. The Morgan fingerprint density at radius 3 is 1.33 bits per heavy atom. The molecule has 2 aliphatic rings. The Kier molecular flexibility index (Phi) is 9.72. The van der Waals surface area contributed by atoms with E-state index >= 15 is 0 Å². The van der Waals surface area contributed by atoms with E-state index in [-0.39, 0.29) is 29.4 Å². The lowest BCUT2D eigenvalue weighted by atomic mass is 10.0. The van der Waals surface area contributed by atoms with Crippen LogP contribution >= 0.6 is 0 Å². The molecule has 2 amide bonds. The summed E-state index contributed by atoms with van der Waals surface area (Å²) in [5.41, 5.74) is 6.64. The van der Waals surface area contributed by atoms with E-state index in [4.69, 9.17) is 15.2 Å². The molecule has 2 aromatic rings. The first-order valence-corrected chi connectivity index (χ1v) is 14.1. The predicted octanol–water partition coefficient (Wildman–Crippen LogP) is 5.33. The zero-order valence-electron chi connectivity index (χ0n) is 25.6. The number of benzene rings is 2. The van der Waals surface area contributed by atoms with Crippen molar-refractivity contribution in [1.82, 2.24) is 10.6 Å². The van der Waals surface area contributed by atoms with Crippen molar-refractivity contribution < 1.29 is 33.4 Å². The third-order valence-electron chi connectivity index (χ3n) is 6.78. The molecule has 0 radical (unpaired) electrons. The molecule has 2 saturated carbocycles. The lowest BCUT2D eigenvalue weighted by molar-refractivity contribution is 0.0483. The predicted molar refractivity (Wildman–Crippen MR) is 158 cm³/mol. The van der Waals surface area contributed by atoms with Crippen molar-refractivity contribution in [2.24, 2.45) is 5.73 Å². The van der Waals surface area contributed by atoms with E-state index in [1.165, 1.54) is 7.11 Å². The molecule has 2 fully saturated rings. The maximum atomic E-state index is 11.9. The van der Waals surface area contributed by atoms with E-state index in [0.717, 1.165) is 36.8 Å². The maximum Gasteiger partial charge on any atom is 0.408 e. The van der Waals surface area contributed by atoms with Gasteiger partial charge in [0, 0.05) is 5.56 Å². The largest absolute Gasteiger partial charge is 0.465 e. The Bertz CT molecular complexity index is 1180. The minimum absolute atomic E-state index is 0.000643. The summed E-state index contributed by atoms with van der Waals surface area (Å²) in [6.07, 6.45) is 2.64. The van der Waals surface area contributed by atoms with Gasteiger partial charge in [0.25, 0.3) is 0 Å². The molecule has 10 nitrogen and oxygen atoms in total. The molecule has 2 aromatic carbocycles. The van der Waals surface area contributed by atoms with Crippen LogP contribution in [0.25, 0.3) is 0 Å². The van der Waals surface area contributed by atoms with Crippen LogP contribution in [-0.2, 0) is 25.3 Å². The molecule has 0 spiro atoms. The third-order valence-corrected chi connectivity index (χ3v) is 6.78. The fourth-order valence-electron chi connectivity index (χ4n) is 4.36. The number of nitrogens with one attached hydrogen (secondary N) is 2. The number of esters is 1. The Morgan fingerprint density at radius 2 is 1.05 bits per heavy atom. The van der Waals surface area contributed by atoms with Crippen LogP contribution in [0.4, 0.5) is 9.59 Å². The standard InChI is InChI=1S/C16H22N2O3.C16H21NO4/c1-15(2,3)21-14(20)18-16(8-9-16)12-6-4-11(5-7-12)13(19)10-17;1-15(2,3)21-14(19)17-16(9-10-16)12-7-5-11(6-8-12)13(18)20-4/h4-7H,8-10,17H2,1-3H3,(H,18,20);5-8H,9-10H2,1-4H3,(H,17,19). The van der Waals surface area contributed by atoms with Gasteiger partial charge >= 0.3 is 18.2 Å². The highest BCUT2D eigenvalue weighted by atomic mass is 16.6. The number of carbonyl (C=O) groups excluding carboxylic acids is 4. The topological polar surface area (TPSA) is 146 Å². The van der Waals surface area contributed by atoms with E-state index in [1.807, 2.05) is 65.8 Å². The molecule has 0 aromatic heterocycles. The average Bonchev–Trinajstić information content (AvgIpc) is 3.84. The molecule has 0 bridgehead atoms. The highest BCUT2D eigenvalue weighted by molar-refractivity contribution is 5.97. The minimum atomic E-state index is -0.519. The van der Waals surface area contributed by atoms with Gasteiger partial charge in [-0.1, -0.05) is 36.4 Å². The number of Topliss-reactive ketones (excluding diaryl/α,β-unsaturated/α-hetero) is 1. The number of hydrogen-bond acceptors (Lipinski definition) is 8. The second-order valence-electron chi connectivity index (χ2n) is 12.7. The second-order valence-corrected chi connectivity index (χ2v) is 12.7. The van der Waals surface area contributed by atoms with E-state index in [9.17, 15) is 19.2 Å². The Hall–Kier alpha value is -3.92. The van der Waals surface area contributed by atoms with Crippen LogP contribution in [0.2, 0.25) is 0 Å². The van der Waals surface area contributed by atoms with E-state index in [0.29, 0.717) is 11.1 Å². The van der Waals surface area contributed by atoms with Crippen molar-refractivity contribution in [2.75, 3.05) is 13.7 Å². The molecule has 4 N–H and O–H groups in total. The monoisotopic (exact) mass is 581 g/mol. The van der Waals surface area contributed by atoms with Gasteiger partial charge in [-0.05, 0) is 90.5 Å². The Morgan fingerprint density at radius 1 is 0.690 bits per heavy atom. The van der Waals surface area contributed by atoms with Gasteiger partial charge in [-0.25, -0.2) is 14.4 Å². The van der Waals surface area contributed by atoms with Crippen molar-refractivity contribution in [3.05, 3.63) is 70.8 Å². The van der Waals surface area contributed by atoms with Gasteiger partial charge in [0.05, 0.1) is 30.3 Å². The van der Waals surface area contributed by atoms with Crippen molar-refractivity contribution in [3.63, 3.8) is 0 Å². The highest BCUT2D eigenvalue weighted by Crippen LogP contribution is 2.46. The summed E-state index contributed by atoms with van der Waals surface area (Å²) in [4.78, 5) is 46.7. The molecule has 10 heteroatoms. The maximum absolute atomic E-state index is 11.9. The number of hydrogen-bond donors (Lipinski definition) is 3. The summed E-state index contributed by atoms with van der Waals surface area (Å²) in [5, 5.41) is 5.86. The molecule has 0 atom stereocenters. The van der Waals surface area contributed by atoms with Crippen LogP contribution in [0.3, 0.4) is 0 Å². The number of amides is 2. The van der Waals surface area contributed by atoms with Crippen LogP contribution in [-0.4, -0.2) is 48.8 Å². The van der Waals surface area contributed by atoms with Gasteiger partial charge in [-0.2, -0.15) is 0 Å². The van der Waals surface area contributed by atoms with Crippen LogP contribution in [0.1, 0.15) is 99.1 Å². The molecule has 2 aliphatic carbocycles. The van der Waals surface area contributed by atoms with Crippen LogP contribution in [0, 0.1) is 0 Å². The molecule has 4 rings (SSSR count). The number of ketones is 1. The first kappa shape index (κ1) is 32.6. The van der Waals surface area contributed by atoms with Crippen molar-refractivity contribution in [3.8, 4) is 0 Å². The number of rotatable bonds is 7. The van der Waals surface area contributed by atoms with Crippen molar-refractivity contribution in [2.45, 2.75) is 89.5 Å². The zero-order chi connectivity index (χ0) is 31.3. The van der Waals surface area contributed by atoms with Gasteiger partial charge in [0.2, 0.25) is 0 Å². The van der Waals surface area contributed by atoms with Crippen molar-refractivity contribution in [1.29, 1.82) is 0 Å². The van der Waals surface area contributed by atoms with Gasteiger partial charge in [-0.15, -0.1) is 0 Å². The third kappa shape index (κ3) is 9.04. The molecular weight excluding hydrogens is 538 g/mol. The fraction of sp³-hybridized carbons (Fsp3) is 0.500. The summed E-state index contributed by atoms with van der Waals surface area (Å²) in [6.45, 7) is 11.0. The second kappa shape index (κ2) is 12.5.